The van der Waals surface area contributed by atoms with Crippen LogP contribution in [0, 0.1) is 5.82 Å². The molecule has 3 aromatic rings. The molecule has 0 aliphatic carbocycles. The van der Waals surface area contributed by atoms with Crippen molar-refractivity contribution in [2.24, 2.45) is 0 Å². The molecule has 1 unspecified atom stereocenters. The zero-order valence-electron chi connectivity index (χ0n) is 18.0. The van der Waals surface area contributed by atoms with Crippen LogP contribution in [0.15, 0.2) is 53.9 Å². The molecule has 1 aliphatic heterocycles. The molecule has 9 nitrogen and oxygen atoms in total. The molecule has 1 aliphatic rings. The first-order valence-corrected chi connectivity index (χ1v) is 10.8. The summed E-state index contributed by atoms with van der Waals surface area (Å²) in [5, 5.41) is 27.2. The zero-order chi connectivity index (χ0) is 26.1. The van der Waals surface area contributed by atoms with Crippen molar-refractivity contribution in [2.45, 2.75) is 18.4 Å². The number of carbonyl (C=O) groups is 1. The van der Waals surface area contributed by atoms with Gasteiger partial charge in [-0.2, -0.15) is 0 Å². The lowest BCUT2D eigenvalue weighted by atomic mass is 9.98. The van der Waals surface area contributed by atoms with Crippen LogP contribution < -0.4 is 11.3 Å². The zero-order valence-corrected chi connectivity index (χ0v) is 19.5. The lowest BCUT2D eigenvalue weighted by molar-refractivity contribution is -0.377. The lowest BCUT2D eigenvalue weighted by Crippen LogP contribution is -2.40. The van der Waals surface area contributed by atoms with Crippen molar-refractivity contribution in [2.75, 3.05) is 18.8 Å². The van der Waals surface area contributed by atoms with Crippen LogP contribution in [0.1, 0.15) is 17.9 Å². The first-order chi connectivity index (χ1) is 16.3. The molecule has 1 saturated heterocycles. The Hall–Kier alpha value is -3.09. The van der Waals surface area contributed by atoms with Gasteiger partial charge in [-0.25, -0.2) is 18.3 Å². The maximum atomic E-state index is 13.8. The third-order valence-corrected chi connectivity index (χ3v) is 6.12. The molecule has 1 aromatic heterocycles. The number of anilines is 1. The molecule has 2 aromatic carbocycles. The topological polar surface area (TPSA) is 142 Å². The highest BCUT2D eigenvalue weighted by atomic mass is 35.5. The van der Waals surface area contributed by atoms with Gasteiger partial charge in [-0.3, -0.25) is 9.59 Å². The van der Waals surface area contributed by atoms with E-state index in [1.807, 2.05) is 0 Å². The summed E-state index contributed by atoms with van der Waals surface area (Å²) in [5.74, 6) is -2.53. The SMILES string of the molecule is C=C(F)C(=O)N1CCC(c2c(F)ccc(Cl)c2Cl)C1.Nc1ccc2ncn(C(O)(O)O)c(=O)c2c1. The van der Waals surface area contributed by atoms with Gasteiger partial charge in [-0.05, 0) is 36.8 Å². The number of carbonyl (C=O) groups excluding carboxylic acids is 1. The first kappa shape index (κ1) is 26.5. The molecule has 0 saturated carbocycles. The summed E-state index contributed by atoms with van der Waals surface area (Å²) in [6, 6.07) is 7.03. The van der Waals surface area contributed by atoms with E-state index in [0.717, 1.165) is 6.33 Å². The van der Waals surface area contributed by atoms with Crippen LogP contribution in [0.4, 0.5) is 14.5 Å². The number of nitrogens with zero attached hydrogens (tertiary/aromatic N) is 3. The third kappa shape index (κ3) is 5.77. The van der Waals surface area contributed by atoms with Gasteiger partial charge in [0, 0.05) is 30.3 Å². The van der Waals surface area contributed by atoms with Gasteiger partial charge in [0.25, 0.3) is 11.5 Å². The minimum Gasteiger partial charge on any atom is -0.399 e. The van der Waals surface area contributed by atoms with E-state index in [1.54, 1.807) is 6.07 Å². The van der Waals surface area contributed by atoms with Crippen molar-refractivity contribution < 1.29 is 28.9 Å². The summed E-state index contributed by atoms with van der Waals surface area (Å²) in [7, 11) is 0. The van der Waals surface area contributed by atoms with E-state index >= 15 is 0 Å². The van der Waals surface area contributed by atoms with Crippen molar-refractivity contribution in [1.82, 2.24) is 14.5 Å². The summed E-state index contributed by atoms with van der Waals surface area (Å²) in [4.78, 5) is 28.2. The second kappa shape index (κ2) is 10.3. The average Bonchev–Trinajstić information content (AvgIpc) is 3.26. The molecule has 5 N–H and O–H groups in total. The first-order valence-electron chi connectivity index (χ1n) is 10.0. The summed E-state index contributed by atoms with van der Waals surface area (Å²) in [6.07, 6.45) is -1.93. The Morgan fingerprint density at radius 3 is 2.54 bits per heavy atom. The molecule has 13 heteroatoms. The minimum absolute atomic E-state index is 0.0871. The number of likely N-dealkylation sites (tertiary alicyclic amines) is 1. The number of rotatable bonds is 3. The Morgan fingerprint density at radius 1 is 1.23 bits per heavy atom. The second-order valence-corrected chi connectivity index (χ2v) is 8.48. The number of nitrogens with two attached hydrogens (primary N) is 1. The molecule has 1 atom stereocenters. The number of hydrogen-bond acceptors (Lipinski definition) is 7. The van der Waals surface area contributed by atoms with Crippen LogP contribution in [-0.4, -0.2) is 48.8 Å². The predicted molar refractivity (Wildman–Crippen MR) is 126 cm³/mol. The Balaban J connectivity index is 0.000000198. The van der Waals surface area contributed by atoms with Crippen LogP contribution in [0.3, 0.4) is 0 Å². The van der Waals surface area contributed by atoms with Gasteiger partial charge in [-0.1, -0.05) is 29.8 Å². The molecule has 1 fully saturated rings. The summed E-state index contributed by atoms with van der Waals surface area (Å²) >= 11 is 11.9. The highest BCUT2D eigenvalue weighted by molar-refractivity contribution is 6.42. The van der Waals surface area contributed by atoms with Crippen LogP contribution in [0.5, 0.6) is 0 Å². The monoisotopic (exact) mass is 528 g/mol. The van der Waals surface area contributed by atoms with E-state index in [-0.39, 0.29) is 38.0 Å². The Kier molecular flexibility index (Phi) is 7.77. The number of benzene rings is 2. The molecular formula is C22H20Cl2F2N4O5. The summed E-state index contributed by atoms with van der Waals surface area (Å²) in [6.45, 7) is 3.52. The number of aliphatic hydroxyl groups is 3. The van der Waals surface area contributed by atoms with E-state index in [1.165, 1.54) is 29.2 Å². The Labute approximate surface area is 207 Å². The molecule has 0 radical (unpaired) electrons. The second-order valence-electron chi connectivity index (χ2n) is 7.69. The molecule has 186 valence electrons. The van der Waals surface area contributed by atoms with Gasteiger partial charge in [-0.15, -0.1) is 0 Å². The van der Waals surface area contributed by atoms with Crippen molar-refractivity contribution in [3.05, 3.63) is 80.8 Å². The maximum Gasteiger partial charge on any atom is 0.377 e. The van der Waals surface area contributed by atoms with Gasteiger partial charge in [0.15, 0.2) is 5.83 Å². The predicted octanol–water partition coefficient (Wildman–Crippen LogP) is 2.46. The Bertz CT molecular complexity index is 1360. The van der Waals surface area contributed by atoms with Gasteiger partial charge in [0.2, 0.25) is 0 Å². The normalized spacial score (nSPS) is 15.6. The summed E-state index contributed by atoms with van der Waals surface area (Å²) in [5.41, 5.74) is 5.66. The van der Waals surface area contributed by atoms with Crippen molar-refractivity contribution in [3.63, 3.8) is 0 Å². The van der Waals surface area contributed by atoms with E-state index in [2.05, 4.69) is 11.6 Å². The largest absolute Gasteiger partial charge is 0.399 e. The fraction of sp³-hybridized carbons (Fsp3) is 0.227. The van der Waals surface area contributed by atoms with Crippen molar-refractivity contribution >= 4 is 45.7 Å². The van der Waals surface area contributed by atoms with Gasteiger partial charge >= 0.3 is 6.10 Å². The van der Waals surface area contributed by atoms with Crippen LogP contribution in [0.2, 0.25) is 10.0 Å². The Morgan fingerprint density at radius 2 is 1.91 bits per heavy atom. The van der Waals surface area contributed by atoms with E-state index < -0.39 is 29.2 Å². The number of halogens is 4. The van der Waals surface area contributed by atoms with Crippen molar-refractivity contribution in [3.8, 4) is 0 Å². The number of aromatic nitrogens is 2. The van der Waals surface area contributed by atoms with Crippen LogP contribution in [0.25, 0.3) is 10.9 Å². The third-order valence-electron chi connectivity index (χ3n) is 5.30. The highest BCUT2D eigenvalue weighted by Crippen LogP contribution is 2.37. The van der Waals surface area contributed by atoms with Gasteiger partial charge in [0.1, 0.15) is 12.1 Å². The van der Waals surface area contributed by atoms with E-state index in [9.17, 15) is 18.4 Å². The van der Waals surface area contributed by atoms with Crippen LogP contribution >= 0.6 is 23.2 Å². The lowest BCUT2D eigenvalue weighted by Gasteiger charge is -2.16. The number of amides is 1. The molecular weight excluding hydrogens is 509 g/mol. The van der Waals surface area contributed by atoms with Gasteiger partial charge < -0.3 is 26.0 Å². The average molecular weight is 529 g/mol. The molecule has 0 spiro atoms. The summed E-state index contributed by atoms with van der Waals surface area (Å²) < 4.78 is 26.9. The molecule has 35 heavy (non-hydrogen) atoms. The van der Waals surface area contributed by atoms with Gasteiger partial charge in [0.05, 0.1) is 20.9 Å². The van der Waals surface area contributed by atoms with Crippen LogP contribution in [-0.2, 0) is 10.9 Å². The highest BCUT2D eigenvalue weighted by Gasteiger charge is 2.32. The molecule has 1 amide bonds. The quantitative estimate of drug-likeness (QED) is 0.177. The smallest absolute Gasteiger partial charge is 0.377 e. The molecule has 2 heterocycles. The minimum atomic E-state index is -3.27. The number of hydrogen-bond donors (Lipinski definition) is 4. The molecule has 4 rings (SSSR count). The maximum absolute atomic E-state index is 13.8. The number of fused-ring (bicyclic) bond motifs is 1. The molecule has 0 bridgehead atoms. The standard InChI is InChI=1S/C13H11Cl2F2NO.C9H9N3O4/c1-7(16)13(19)18-5-4-8(6-18)11-10(17)3-2-9(14)12(11)15;10-5-1-2-7-6(3-5)8(13)12(4-11-7)9(14,15)16/h2-3,8H,1,4-6H2;1-4,14-16H,10H2. The van der Waals surface area contributed by atoms with E-state index in [4.69, 9.17) is 44.3 Å². The fourth-order valence-electron chi connectivity index (χ4n) is 3.62. The van der Waals surface area contributed by atoms with E-state index in [0.29, 0.717) is 24.2 Å². The number of nitrogen functional groups attached to an aromatic ring is 1. The van der Waals surface area contributed by atoms with Crippen molar-refractivity contribution in [1.29, 1.82) is 0 Å². The fourth-order valence-corrected chi connectivity index (χ4v) is 4.09.